The third-order valence-electron chi connectivity index (χ3n) is 6.09. The Morgan fingerprint density at radius 2 is 1.24 bits per heavy atom. The second-order valence-corrected chi connectivity index (χ2v) is 9.64. The number of halogens is 6. The number of hydrogen-bond donors (Lipinski definition) is 0. The quantitative estimate of drug-likeness (QED) is 0.166. The van der Waals surface area contributed by atoms with Crippen molar-refractivity contribution in [2.45, 2.75) is 12.4 Å². The second-order valence-electron chi connectivity index (χ2n) is 8.55. The molecule has 190 valence electrons. The standard InChI is InChI=1S/C28H14F6N2OS/c29-27(30,31)21-10-9-18(14-22(21)28(32,33)34)37-26-20-12-16-6-2-1-5-15(16)11-19(20)25(35-36-26)24-13-17-7-3-4-8-23(17)38-24/h1-14H. The highest BCUT2D eigenvalue weighted by atomic mass is 32.1. The molecule has 0 fully saturated rings. The zero-order valence-corrected chi connectivity index (χ0v) is 19.9. The second kappa shape index (κ2) is 8.70. The van der Waals surface area contributed by atoms with Gasteiger partial charge in [-0.05, 0) is 58.6 Å². The molecule has 0 unspecified atom stereocenters. The average molecular weight is 540 g/mol. The molecule has 38 heavy (non-hydrogen) atoms. The van der Waals surface area contributed by atoms with Crippen molar-refractivity contribution in [3.63, 3.8) is 0 Å². The number of aromatic nitrogens is 2. The van der Waals surface area contributed by atoms with Crippen LogP contribution in [0.1, 0.15) is 11.1 Å². The van der Waals surface area contributed by atoms with E-state index < -0.39 is 29.2 Å². The fraction of sp³-hybridized carbons (Fsp3) is 0.0714. The van der Waals surface area contributed by atoms with Crippen molar-refractivity contribution in [2.75, 3.05) is 0 Å². The third-order valence-corrected chi connectivity index (χ3v) is 7.21. The molecular weight excluding hydrogens is 526 g/mol. The fourth-order valence-corrected chi connectivity index (χ4v) is 5.41. The first-order valence-electron chi connectivity index (χ1n) is 11.2. The number of fused-ring (bicyclic) bond motifs is 3. The first-order chi connectivity index (χ1) is 18.1. The Morgan fingerprint density at radius 3 is 1.89 bits per heavy atom. The van der Waals surface area contributed by atoms with Gasteiger partial charge in [-0.1, -0.05) is 42.5 Å². The van der Waals surface area contributed by atoms with Crippen LogP contribution < -0.4 is 4.74 Å². The molecule has 10 heteroatoms. The molecule has 0 bridgehead atoms. The van der Waals surface area contributed by atoms with Crippen LogP contribution in [0.5, 0.6) is 11.6 Å². The van der Waals surface area contributed by atoms with Crippen LogP contribution in [0.25, 0.3) is 42.2 Å². The Balaban J connectivity index is 1.53. The van der Waals surface area contributed by atoms with Gasteiger partial charge in [0.15, 0.2) is 0 Å². The molecule has 0 aliphatic rings. The van der Waals surface area contributed by atoms with Crippen molar-refractivity contribution in [3.05, 3.63) is 96.1 Å². The van der Waals surface area contributed by atoms with Crippen LogP contribution in [0.2, 0.25) is 0 Å². The van der Waals surface area contributed by atoms with Gasteiger partial charge in [-0.15, -0.1) is 21.5 Å². The summed E-state index contributed by atoms with van der Waals surface area (Å²) >= 11 is 1.51. The van der Waals surface area contributed by atoms with Crippen molar-refractivity contribution in [2.24, 2.45) is 0 Å². The molecule has 0 amide bonds. The predicted molar refractivity (Wildman–Crippen MR) is 134 cm³/mol. The lowest BCUT2D eigenvalue weighted by Gasteiger charge is -2.17. The summed E-state index contributed by atoms with van der Waals surface area (Å²) in [5.74, 6) is -0.563. The van der Waals surface area contributed by atoms with Gasteiger partial charge in [-0.2, -0.15) is 26.3 Å². The van der Waals surface area contributed by atoms with Crippen molar-refractivity contribution >= 4 is 43.0 Å². The first-order valence-corrected chi connectivity index (χ1v) is 12.0. The molecule has 6 aromatic rings. The minimum atomic E-state index is -5.24. The molecule has 2 aromatic heterocycles. The molecule has 4 aromatic carbocycles. The summed E-state index contributed by atoms with van der Waals surface area (Å²) in [5, 5.41) is 12.3. The minimum Gasteiger partial charge on any atom is -0.437 e. The molecule has 0 N–H and O–H groups in total. The molecule has 0 saturated carbocycles. The summed E-state index contributed by atoms with van der Waals surface area (Å²) in [6.45, 7) is 0. The SMILES string of the molecule is FC(F)(F)c1ccc(Oc2nnc(-c3cc4ccccc4s3)c3cc4ccccc4cc23)cc1C(F)(F)F. The Bertz CT molecular complexity index is 1810. The molecule has 0 spiro atoms. The monoisotopic (exact) mass is 540 g/mol. The van der Waals surface area contributed by atoms with Crippen molar-refractivity contribution < 1.29 is 31.1 Å². The van der Waals surface area contributed by atoms with E-state index in [9.17, 15) is 26.3 Å². The molecular formula is C28H14F6N2OS. The zero-order chi connectivity index (χ0) is 26.7. The van der Waals surface area contributed by atoms with Gasteiger partial charge in [-0.3, -0.25) is 0 Å². The molecule has 6 rings (SSSR count). The topological polar surface area (TPSA) is 35.0 Å². The van der Waals surface area contributed by atoms with E-state index in [1.54, 1.807) is 6.07 Å². The Kier molecular flexibility index (Phi) is 5.53. The van der Waals surface area contributed by atoms with E-state index in [4.69, 9.17) is 4.74 Å². The third kappa shape index (κ3) is 4.30. The lowest BCUT2D eigenvalue weighted by molar-refractivity contribution is -0.162. The van der Waals surface area contributed by atoms with E-state index in [1.165, 1.54) is 11.3 Å². The molecule has 0 aliphatic carbocycles. The van der Waals surface area contributed by atoms with Gasteiger partial charge < -0.3 is 4.74 Å². The lowest BCUT2D eigenvalue weighted by atomic mass is 10.0. The number of nitrogens with zero attached hydrogens (tertiary/aromatic N) is 2. The van der Waals surface area contributed by atoms with E-state index in [0.717, 1.165) is 31.8 Å². The van der Waals surface area contributed by atoms with Crippen LogP contribution in [0, 0.1) is 0 Å². The van der Waals surface area contributed by atoms with Gasteiger partial charge in [0, 0.05) is 15.5 Å². The maximum Gasteiger partial charge on any atom is 0.417 e. The Labute approximate surface area is 214 Å². The zero-order valence-electron chi connectivity index (χ0n) is 19.1. The van der Waals surface area contributed by atoms with Crippen LogP contribution in [-0.2, 0) is 12.4 Å². The normalized spacial score (nSPS) is 12.5. The highest BCUT2D eigenvalue weighted by Gasteiger charge is 2.43. The van der Waals surface area contributed by atoms with Crippen LogP contribution in [0.3, 0.4) is 0 Å². The van der Waals surface area contributed by atoms with Crippen LogP contribution in [0.4, 0.5) is 26.3 Å². The number of alkyl halides is 6. The van der Waals surface area contributed by atoms with Crippen LogP contribution in [0.15, 0.2) is 84.9 Å². The smallest absolute Gasteiger partial charge is 0.417 e. The number of benzene rings is 4. The van der Waals surface area contributed by atoms with Crippen molar-refractivity contribution in [1.29, 1.82) is 0 Å². The maximum absolute atomic E-state index is 13.5. The molecule has 0 radical (unpaired) electrons. The Morgan fingerprint density at radius 1 is 0.605 bits per heavy atom. The average Bonchev–Trinajstić information content (AvgIpc) is 3.31. The van der Waals surface area contributed by atoms with E-state index in [-0.39, 0.29) is 5.88 Å². The first kappa shape index (κ1) is 24.2. The van der Waals surface area contributed by atoms with Crippen molar-refractivity contribution in [3.8, 4) is 22.2 Å². The van der Waals surface area contributed by atoms with Gasteiger partial charge in [-0.25, -0.2) is 0 Å². The summed E-state index contributed by atoms with van der Waals surface area (Å²) in [6.07, 6.45) is -10.4. The Hall–Kier alpha value is -4.18. The van der Waals surface area contributed by atoms with Gasteiger partial charge in [0.1, 0.15) is 11.4 Å². The molecule has 0 atom stereocenters. The highest BCUT2D eigenvalue weighted by molar-refractivity contribution is 7.22. The van der Waals surface area contributed by atoms with E-state index in [1.807, 2.05) is 60.7 Å². The number of thiophene rings is 1. The minimum absolute atomic E-state index is 0.122. The van der Waals surface area contributed by atoms with Crippen LogP contribution >= 0.6 is 11.3 Å². The fourth-order valence-electron chi connectivity index (χ4n) is 4.35. The predicted octanol–water partition coefficient (Wildman–Crippen LogP) is 9.49. The van der Waals surface area contributed by atoms with Gasteiger partial charge in [0.25, 0.3) is 0 Å². The summed E-state index contributed by atoms with van der Waals surface area (Å²) in [4.78, 5) is 0.833. The number of rotatable bonds is 3. The summed E-state index contributed by atoms with van der Waals surface area (Å²) in [7, 11) is 0. The highest BCUT2D eigenvalue weighted by Crippen LogP contribution is 2.44. The van der Waals surface area contributed by atoms with Crippen molar-refractivity contribution in [1.82, 2.24) is 10.2 Å². The van der Waals surface area contributed by atoms with Gasteiger partial charge >= 0.3 is 12.4 Å². The molecule has 2 heterocycles. The number of hydrogen-bond acceptors (Lipinski definition) is 4. The maximum atomic E-state index is 13.5. The molecule has 3 nitrogen and oxygen atoms in total. The summed E-state index contributed by atoms with van der Waals surface area (Å²) in [6, 6.07) is 22.5. The largest absolute Gasteiger partial charge is 0.437 e. The van der Waals surface area contributed by atoms with E-state index in [2.05, 4.69) is 10.2 Å². The molecule has 0 saturated heterocycles. The van der Waals surface area contributed by atoms with E-state index >= 15 is 0 Å². The number of ether oxygens (including phenoxy) is 1. The lowest BCUT2D eigenvalue weighted by Crippen LogP contribution is -2.16. The van der Waals surface area contributed by atoms with Crippen LogP contribution in [-0.4, -0.2) is 10.2 Å². The summed E-state index contributed by atoms with van der Waals surface area (Å²) < 4.78 is 86.8. The van der Waals surface area contributed by atoms with Gasteiger partial charge in [0.2, 0.25) is 5.88 Å². The summed E-state index contributed by atoms with van der Waals surface area (Å²) in [5.41, 5.74) is -3.07. The van der Waals surface area contributed by atoms with Gasteiger partial charge in [0.05, 0.1) is 16.0 Å². The molecule has 0 aliphatic heterocycles. The van der Waals surface area contributed by atoms with E-state index in [0.29, 0.717) is 28.6 Å².